The highest BCUT2D eigenvalue weighted by Gasteiger charge is 2.25. The second-order valence-corrected chi connectivity index (χ2v) is 6.66. The molecule has 1 aliphatic rings. The van der Waals surface area contributed by atoms with Gasteiger partial charge in [0.25, 0.3) is 0 Å². The Hall–Kier alpha value is -3.45. The number of ether oxygens (including phenoxy) is 1. The lowest BCUT2D eigenvalue weighted by atomic mass is 10.1. The first-order valence-corrected chi connectivity index (χ1v) is 9.04. The average Bonchev–Trinajstić information content (AvgIpc) is 3.18. The van der Waals surface area contributed by atoms with Crippen molar-refractivity contribution in [3.8, 4) is 6.07 Å². The van der Waals surface area contributed by atoms with Gasteiger partial charge in [0.05, 0.1) is 6.04 Å². The van der Waals surface area contributed by atoms with E-state index in [2.05, 4.69) is 15.3 Å². The molecule has 1 saturated heterocycles. The minimum atomic E-state index is -0.392. The van der Waals surface area contributed by atoms with Crippen LogP contribution in [-0.4, -0.2) is 37.1 Å². The lowest BCUT2D eigenvalue weighted by molar-refractivity contribution is 0.0668. The molecule has 0 radical (unpaired) electrons. The van der Waals surface area contributed by atoms with Gasteiger partial charge in [-0.3, -0.25) is 8.97 Å². The van der Waals surface area contributed by atoms with E-state index in [-0.39, 0.29) is 23.1 Å². The smallest absolute Gasteiger partial charge is 0.335 e. The van der Waals surface area contributed by atoms with Crippen LogP contribution in [0.1, 0.15) is 43.2 Å². The van der Waals surface area contributed by atoms with Crippen LogP contribution in [0.15, 0.2) is 29.5 Å². The highest BCUT2D eigenvalue weighted by Crippen LogP contribution is 2.26. The number of aromatic nitrogens is 5. The number of fused-ring (bicyclic) bond motifs is 1. The monoisotopic (exact) mass is 380 g/mol. The Morgan fingerprint density at radius 2 is 2.18 bits per heavy atom. The number of nitriles is 1. The zero-order valence-electron chi connectivity index (χ0n) is 15.4. The first-order valence-electron chi connectivity index (χ1n) is 9.04. The van der Waals surface area contributed by atoms with Gasteiger partial charge in [0.1, 0.15) is 41.1 Å². The van der Waals surface area contributed by atoms with Crippen LogP contribution in [0.4, 0.5) is 11.6 Å². The van der Waals surface area contributed by atoms with Crippen LogP contribution in [0.5, 0.6) is 0 Å². The molecule has 0 amide bonds. The van der Waals surface area contributed by atoms with Crippen LogP contribution in [0, 0.1) is 11.3 Å². The van der Waals surface area contributed by atoms with Gasteiger partial charge in [-0.1, -0.05) is 0 Å². The van der Waals surface area contributed by atoms with Gasteiger partial charge in [0.15, 0.2) is 0 Å². The molecule has 1 unspecified atom stereocenters. The zero-order valence-corrected chi connectivity index (χ0v) is 15.4. The van der Waals surface area contributed by atoms with E-state index >= 15 is 0 Å². The van der Waals surface area contributed by atoms with E-state index in [0.717, 1.165) is 12.8 Å². The molecule has 10 heteroatoms. The summed E-state index contributed by atoms with van der Waals surface area (Å²) in [6.07, 6.45) is 4.47. The maximum Gasteiger partial charge on any atom is 0.335 e. The summed E-state index contributed by atoms with van der Waals surface area (Å²) in [5.74, 6) is 0.985. The number of rotatable bonds is 4. The number of nitrogens with one attached hydrogen (secondary N) is 1. The average molecular weight is 380 g/mol. The van der Waals surface area contributed by atoms with Crippen molar-refractivity contribution >= 4 is 17.3 Å². The molecule has 3 aromatic heterocycles. The highest BCUT2D eigenvalue weighted by molar-refractivity contribution is 5.62. The summed E-state index contributed by atoms with van der Waals surface area (Å²) in [5.41, 5.74) is 6.36. The quantitative estimate of drug-likeness (QED) is 0.690. The molecule has 10 nitrogen and oxygen atoms in total. The Bertz CT molecular complexity index is 1110. The van der Waals surface area contributed by atoms with Crippen molar-refractivity contribution in [3.05, 3.63) is 46.5 Å². The normalized spacial score (nSPS) is 16.0. The van der Waals surface area contributed by atoms with Crippen molar-refractivity contribution in [2.75, 3.05) is 24.3 Å². The van der Waals surface area contributed by atoms with E-state index < -0.39 is 6.04 Å². The predicted octanol–water partition coefficient (Wildman–Crippen LogP) is 1.26. The summed E-state index contributed by atoms with van der Waals surface area (Å²) in [7, 11) is 0. The molecule has 3 aromatic rings. The van der Waals surface area contributed by atoms with Gasteiger partial charge in [-0.05, 0) is 31.9 Å². The largest absolute Gasteiger partial charge is 0.382 e. The Kier molecular flexibility index (Phi) is 4.67. The molecule has 1 fully saturated rings. The number of hydrogen-bond donors (Lipinski definition) is 2. The standard InChI is InChI=1S/C18H20N8O2/c1-11(23-16-13(9-19)15(20)21-10-22-16)17-24-14-3-2-6-25(14)18(27)26(17)12-4-7-28-8-5-12/h2-3,6,10-12H,4-5,7-8H2,1H3,(H3,20,21,22,23). The van der Waals surface area contributed by atoms with E-state index in [0.29, 0.717) is 30.5 Å². The van der Waals surface area contributed by atoms with Gasteiger partial charge in [0, 0.05) is 25.5 Å². The molecule has 0 saturated carbocycles. The minimum Gasteiger partial charge on any atom is -0.382 e. The SMILES string of the molecule is CC(Nc1ncnc(N)c1C#N)c1nc2cccn2c(=O)n1C1CCOCC1. The molecule has 4 heterocycles. The summed E-state index contributed by atoms with van der Waals surface area (Å²) in [5, 5.41) is 12.5. The Labute approximate surface area is 160 Å². The molecule has 1 aliphatic heterocycles. The molecule has 28 heavy (non-hydrogen) atoms. The van der Waals surface area contributed by atoms with Gasteiger partial charge >= 0.3 is 5.69 Å². The molecular weight excluding hydrogens is 360 g/mol. The van der Waals surface area contributed by atoms with E-state index in [4.69, 9.17) is 15.5 Å². The Morgan fingerprint density at radius 1 is 1.39 bits per heavy atom. The van der Waals surface area contributed by atoms with Crippen LogP contribution >= 0.6 is 0 Å². The lowest BCUT2D eigenvalue weighted by Crippen LogP contribution is -2.37. The van der Waals surface area contributed by atoms with Crippen LogP contribution in [0.3, 0.4) is 0 Å². The maximum absolute atomic E-state index is 13.2. The second kappa shape index (κ2) is 7.28. The van der Waals surface area contributed by atoms with Crippen molar-refractivity contribution in [2.24, 2.45) is 0 Å². The number of anilines is 2. The number of hydrogen-bond acceptors (Lipinski definition) is 8. The predicted molar refractivity (Wildman–Crippen MR) is 102 cm³/mol. The summed E-state index contributed by atoms with van der Waals surface area (Å²) in [6.45, 7) is 3.07. The fourth-order valence-electron chi connectivity index (χ4n) is 3.49. The zero-order chi connectivity index (χ0) is 19.7. The van der Waals surface area contributed by atoms with Crippen LogP contribution in [0.25, 0.3) is 5.65 Å². The van der Waals surface area contributed by atoms with Gasteiger partial charge in [-0.2, -0.15) is 5.26 Å². The summed E-state index contributed by atoms with van der Waals surface area (Å²) >= 11 is 0. The van der Waals surface area contributed by atoms with E-state index in [1.54, 1.807) is 22.9 Å². The minimum absolute atomic E-state index is 0.00861. The topological polar surface area (TPSA) is 136 Å². The van der Waals surface area contributed by atoms with Crippen LogP contribution < -0.4 is 16.7 Å². The first-order chi connectivity index (χ1) is 13.6. The Morgan fingerprint density at radius 3 is 2.93 bits per heavy atom. The molecule has 144 valence electrons. The van der Waals surface area contributed by atoms with Crippen LogP contribution in [-0.2, 0) is 4.74 Å². The molecule has 1 atom stereocenters. The van der Waals surface area contributed by atoms with E-state index in [9.17, 15) is 10.1 Å². The first kappa shape index (κ1) is 17.9. The maximum atomic E-state index is 13.2. The third-order valence-electron chi connectivity index (χ3n) is 4.90. The molecule has 0 bridgehead atoms. The van der Waals surface area contributed by atoms with Gasteiger partial charge in [-0.15, -0.1) is 0 Å². The number of nitrogens with zero attached hydrogens (tertiary/aromatic N) is 6. The number of nitrogens with two attached hydrogens (primary N) is 1. The third-order valence-corrected chi connectivity index (χ3v) is 4.90. The van der Waals surface area contributed by atoms with Crippen LogP contribution in [0.2, 0.25) is 0 Å². The van der Waals surface area contributed by atoms with Crippen molar-refractivity contribution in [1.82, 2.24) is 23.9 Å². The van der Waals surface area contributed by atoms with Crippen molar-refractivity contribution < 1.29 is 4.74 Å². The summed E-state index contributed by atoms with van der Waals surface area (Å²) in [6, 6.07) is 5.19. The molecule has 0 aliphatic carbocycles. The fraction of sp³-hybridized carbons (Fsp3) is 0.389. The van der Waals surface area contributed by atoms with Gasteiger partial charge < -0.3 is 15.8 Å². The molecular formula is C18H20N8O2. The van der Waals surface area contributed by atoms with Crippen molar-refractivity contribution in [1.29, 1.82) is 5.26 Å². The molecule has 3 N–H and O–H groups in total. The van der Waals surface area contributed by atoms with Crippen molar-refractivity contribution in [2.45, 2.75) is 31.8 Å². The number of nitrogen functional groups attached to an aromatic ring is 1. The Balaban J connectivity index is 1.80. The molecule has 0 aromatic carbocycles. The van der Waals surface area contributed by atoms with Gasteiger partial charge in [-0.25, -0.2) is 19.7 Å². The highest BCUT2D eigenvalue weighted by atomic mass is 16.5. The molecule has 4 rings (SSSR count). The van der Waals surface area contributed by atoms with Crippen molar-refractivity contribution in [3.63, 3.8) is 0 Å². The second-order valence-electron chi connectivity index (χ2n) is 6.66. The molecule has 0 spiro atoms. The van der Waals surface area contributed by atoms with E-state index in [1.807, 2.05) is 13.0 Å². The summed E-state index contributed by atoms with van der Waals surface area (Å²) < 4.78 is 8.71. The lowest BCUT2D eigenvalue weighted by Gasteiger charge is -2.28. The third kappa shape index (κ3) is 3.05. The van der Waals surface area contributed by atoms with Gasteiger partial charge in [0.2, 0.25) is 0 Å². The van der Waals surface area contributed by atoms with E-state index in [1.165, 1.54) is 10.7 Å². The fourth-order valence-corrected chi connectivity index (χ4v) is 3.49. The summed E-state index contributed by atoms with van der Waals surface area (Å²) in [4.78, 5) is 25.8.